The Hall–Kier alpha value is -3.81. The van der Waals surface area contributed by atoms with Gasteiger partial charge >= 0.3 is 0 Å². The normalized spacial score (nSPS) is 14.0. The Morgan fingerprint density at radius 1 is 1.00 bits per heavy atom. The van der Waals surface area contributed by atoms with Gasteiger partial charge in [0, 0.05) is 67.0 Å². The minimum Gasteiger partial charge on any atom is -0.495 e. The first kappa shape index (κ1) is 24.9. The van der Waals surface area contributed by atoms with Crippen molar-refractivity contribution in [1.29, 1.82) is 0 Å². The summed E-state index contributed by atoms with van der Waals surface area (Å²) in [5, 5.41) is 0.674. The number of nitrogens with one attached hydrogen (secondary N) is 1. The monoisotopic (exact) mass is 515 g/mol. The van der Waals surface area contributed by atoms with Crippen molar-refractivity contribution < 1.29 is 9.53 Å². The average molecular weight is 516 g/mol. The molecule has 0 unspecified atom stereocenters. The van der Waals surface area contributed by atoms with E-state index in [0.717, 1.165) is 61.1 Å². The summed E-state index contributed by atoms with van der Waals surface area (Å²) in [6.07, 6.45) is 3.24. The van der Waals surface area contributed by atoms with Crippen molar-refractivity contribution in [3.8, 4) is 17.0 Å². The number of methoxy groups -OCH3 is 1. The van der Waals surface area contributed by atoms with Crippen LogP contribution in [-0.4, -0.2) is 53.8 Å². The summed E-state index contributed by atoms with van der Waals surface area (Å²) in [5.74, 6) is 0.717. The molecule has 1 aliphatic rings. The predicted octanol–water partition coefficient (Wildman–Crippen LogP) is 5.23. The van der Waals surface area contributed by atoms with Crippen LogP contribution >= 0.6 is 11.6 Å². The summed E-state index contributed by atoms with van der Waals surface area (Å²) in [7, 11) is 1.72. The highest BCUT2D eigenvalue weighted by Crippen LogP contribution is 2.30. The summed E-state index contributed by atoms with van der Waals surface area (Å²) >= 11 is 6.14. The SMILES string of the molecule is COc1ccccc1N1CCN(Cc2cc(-c3ccc(Cl)cc3)n(NC(=O)c3ccncc3)c2C)CC1. The van der Waals surface area contributed by atoms with Crippen LogP contribution in [0.1, 0.15) is 21.6 Å². The quantitative estimate of drug-likeness (QED) is 0.365. The van der Waals surface area contributed by atoms with Gasteiger partial charge in [-0.25, -0.2) is 0 Å². The molecule has 190 valence electrons. The number of piperazine rings is 1. The fourth-order valence-electron chi connectivity index (χ4n) is 4.74. The van der Waals surface area contributed by atoms with Gasteiger partial charge in [-0.2, -0.15) is 0 Å². The molecule has 4 aromatic rings. The van der Waals surface area contributed by atoms with Crippen LogP contribution in [0.2, 0.25) is 5.02 Å². The highest BCUT2D eigenvalue weighted by Gasteiger charge is 2.22. The van der Waals surface area contributed by atoms with Crippen molar-refractivity contribution in [3.05, 3.63) is 101 Å². The zero-order chi connectivity index (χ0) is 25.8. The molecule has 1 aliphatic heterocycles. The van der Waals surface area contributed by atoms with Crippen molar-refractivity contribution in [2.75, 3.05) is 43.6 Å². The molecular formula is C29H30ClN5O2. The second-order valence-electron chi connectivity index (χ2n) is 9.09. The molecule has 8 heteroatoms. The number of aromatic nitrogens is 2. The van der Waals surface area contributed by atoms with Crippen LogP contribution in [0.3, 0.4) is 0 Å². The van der Waals surface area contributed by atoms with E-state index in [1.54, 1.807) is 31.6 Å². The topological polar surface area (TPSA) is 62.6 Å². The molecule has 0 atom stereocenters. The number of carbonyl (C=O) groups excluding carboxylic acids is 1. The number of halogens is 1. The molecule has 5 rings (SSSR count). The van der Waals surface area contributed by atoms with E-state index in [-0.39, 0.29) is 5.91 Å². The van der Waals surface area contributed by atoms with E-state index in [4.69, 9.17) is 16.3 Å². The van der Waals surface area contributed by atoms with Crippen molar-refractivity contribution in [1.82, 2.24) is 14.6 Å². The zero-order valence-corrected chi connectivity index (χ0v) is 21.8. The van der Waals surface area contributed by atoms with Gasteiger partial charge in [0.25, 0.3) is 5.91 Å². The number of carbonyl (C=O) groups is 1. The smallest absolute Gasteiger partial charge is 0.270 e. The Bertz CT molecular complexity index is 1360. The minimum absolute atomic E-state index is 0.187. The summed E-state index contributed by atoms with van der Waals surface area (Å²) in [5.41, 5.74) is 8.84. The van der Waals surface area contributed by atoms with Crippen LogP contribution in [-0.2, 0) is 6.54 Å². The van der Waals surface area contributed by atoms with E-state index >= 15 is 0 Å². The van der Waals surface area contributed by atoms with Crippen molar-refractivity contribution in [2.45, 2.75) is 13.5 Å². The fourth-order valence-corrected chi connectivity index (χ4v) is 4.87. The lowest BCUT2D eigenvalue weighted by molar-refractivity contribution is 0.101. The standard InChI is InChI=1S/C29H30ClN5O2/c1-21-24(20-33-15-17-34(18-16-33)26-5-3-4-6-28(26)37-2)19-27(22-7-9-25(30)10-8-22)35(21)32-29(36)23-11-13-31-14-12-23/h3-14,19H,15-18,20H2,1-2H3,(H,32,36). The number of ether oxygens (including phenoxy) is 1. The summed E-state index contributed by atoms with van der Waals surface area (Å²) < 4.78 is 7.44. The van der Waals surface area contributed by atoms with Crippen molar-refractivity contribution >= 4 is 23.2 Å². The number of benzene rings is 2. The third kappa shape index (κ3) is 5.48. The molecular weight excluding hydrogens is 486 g/mol. The van der Waals surface area contributed by atoms with E-state index in [0.29, 0.717) is 10.6 Å². The van der Waals surface area contributed by atoms with Crippen molar-refractivity contribution in [2.24, 2.45) is 0 Å². The summed E-state index contributed by atoms with van der Waals surface area (Å²) in [6.45, 7) is 6.55. The molecule has 3 heterocycles. The highest BCUT2D eigenvalue weighted by atomic mass is 35.5. The Labute approximate surface area is 222 Å². The van der Waals surface area contributed by atoms with Crippen LogP contribution in [0.15, 0.2) is 79.1 Å². The average Bonchev–Trinajstić information content (AvgIpc) is 3.24. The molecule has 0 spiro atoms. The molecule has 37 heavy (non-hydrogen) atoms. The largest absolute Gasteiger partial charge is 0.495 e. The number of hydrogen-bond donors (Lipinski definition) is 1. The second-order valence-corrected chi connectivity index (χ2v) is 9.53. The molecule has 0 aliphatic carbocycles. The molecule has 7 nitrogen and oxygen atoms in total. The Balaban J connectivity index is 1.36. The van der Waals surface area contributed by atoms with Gasteiger partial charge in [-0.05, 0) is 55.0 Å². The maximum absolute atomic E-state index is 13.0. The summed E-state index contributed by atoms with van der Waals surface area (Å²) in [4.78, 5) is 21.9. The number of nitrogens with zero attached hydrogens (tertiary/aromatic N) is 4. The van der Waals surface area contributed by atoms with E-state index in [1.165, 1.54) is 5.56 Å². The molecule has 0 radical (unpaired) electrons. The molecule has 0 bridgehead atoms. The van der Waals surface area contributed by atoms with E-state index < -0.39 is 0 Å². The Morgan fingerprint density at radius 3 is 2.41 bits per heavy atom. The zero-order valence-electron chi connectivity index (χ0n) is 21.0. The molecule has 1 N–H and O–H groups in total. The Kier molecular flexibility index (Phi) is 7.44. The van der Waals surface area contributed by atoms with Crippen LogP contribution in [0.5, 0.6) is 5.75 Å². The molecule has 1 amide bonds. The first-order valence-corrected chi connectivity index (χ1v) is 12.7. The van der Waals surface area contributed by atoms with Gasteiger partial charge in [0.15, 0.2) is 0 Å². The highest BCUT2D eigenvalue weighted by molar-refractivity contribution is 6.30. The number of hydrogen-bond acceptors (Lipinski definition) is 5. The van der Waals surface area contributed by atoms with Gasteiger partial charge in [-0.15, -0.1) is 0 Å². The van der Waals surface area contributed by atoms with E-state index in [1.807, 2.05) is 48.0 Å². The van der Waals surface area contributed by atoms with Gasteiger partial charge in [0.1, 0.15) is 5.75 Å². The summed E-state index contributed by atoms with van der Waals surface area (Å²) in [6, 6.07) is 21.4. The first-order chi connectivity index (χ1) is 18.0. The van der Waals surface area contributed by atoms with Gasteiger partial charge in [-0.1, -0.05) is 35.9 Å². The lowest BCUT2D eigenvalue weighted by atomic mass is 10.1. The molecule has 1 fully saturated rings. The third-order valence-corrected chi connectivity index (χ3v) is 7.09. The third-order valence-electron chi connectivity index (χ3n) is 6.84. The van der Waals surface area contributed by atoms with Gasteiger partial charge in [0.05, 0.1) is 18.5 Å². The lowest BCUT2D eigenvalue weighted by Crippen LogP contribution is -2.46. The number of para-hydroxylation sites is 2. The number of pyridine rings is 1. The first-order valence-electron chi connectivity index (χ1n) is 12.3. The van der Waals surface area contributed by atoms with Crippen LogP contribution in [0, 0.1) is 6.92 Å². The van der Waals surface area contributed by atoms with Gasteiger partial charge < -0.3 is 9.64 Å². The molecule has 0 saturated carbocycles. The van der Waals surface area contributed by atoms with Gasteiger partial charge in [-0.3, -0.25) is 24.8 Å². The maximum Gasteiger partial charge on any atom is 0.270 e. The van der Waals surface area contributed by atoms with Crippen LogP contribution in [0.4, 0.5) is 5.69 Å². The number of amides is 1. The Morgan fingerprint density at radius 2 is 1.70 bits per heavy atom. The second kappa shape index (κ2) is 11.1. The predicted molar refractivity (Wildman–Crippen MR) is 148 cm³/mol. The van der Waals surface area contributed by atoms with Crippen LogP contribution in [0.25, 0.3) is 11.3 Å². The number of anilines is 1. The minimum atomic E-state index is -0.187. The van der Waals surface area contributed by atoms with E-state index in [9.17, 15) is 4.79 Å². The van der Waals surface area contributed by atoms with Gasteiger partial charge in [0.2, 0.25) is 0 Å². The molecule has 2 aromatic carbocycles. The fraction of sp³-hybridized carbons (Fsp3) is 0.241. The van der Waals surface area contributed by atoms with E-state index in [2.05, 4.69) is 38.4 Å². The lowest BCUT2D eigenvalue weighted by Gasteiger charge is -2.36. The molecule has 1 saturated heterocycles. The number of rotatable bonds is 7. The maximum atomic E-state index is 13.0. The van der Waals surface area contributed by atoms with Crippen molar-refractivity contribution in [3.63, 3.8) is 0 Å². The molecule has 2 aromatic heterocycles. The van der Waals surface area contributed by atoms with Crippen LogP contribution < -0.4 is 15.1 Å².